The van der Waals surface area contributed by atoms with Crippen LogP contribution in [0.4, 0.5) is 5.82 Å². The third-order valence-corrected chi connectivity index (χ3v) is 2.18. The molecule has 2 rings (SSSR count). The number of nitrogen functional groups attached to an aromatic ring is 1. The molecule has 0 aromatic carbocycles. The maximum Gasteiger partial charge on any atom is 0.217 e. The molecule has 0 atom stereocenters. The Hall–Kier alpha value is -2.18. The van der Waals surface area contributed by atoms with Crippen LogP contribution < -0.4 is 11.5 Å². The molecule has 0 spiro atoms. The van der Waals surface area contributed by atoms with E-state index in [4.69, 9.17) is 11.5 Å². The van der Waals surface area contributed by atoms with Crippen LogP contribution in [0.1, 0.15) is 18.7 Å². The molecule has 0 saturated carbocycles. The Balaban J connectivity index is 2.15. The summed E-state index contributed by atoms with van der Waals surface area (Å²) in [6.45, 7) is 0. The van der Waals surface area contributed by atoms with Crippen molar-refractivity contribution in [1.29, 1.82) is 0 Å². The number of H-pyrrole nitrogens is 1. The number of aryl methyl sites for hydroxylation is 1. The Labute approximate surface area is 91.3 Å². The van der Waals surface area contributed by atoms with Gasteiger partial charge in [-0.3, -0.25) is 4.79 Å². The smallest absolute Gasteiger partial charge is 0.217 e. The van der Waals surface area contributed by atoms with Gasteiger partial charge in [0, 0.05) is 12.8 Å². The highest BCUT2D eigenvalue weighted by Gasteiger charge is 2.07. The summed E-state index contributed by atoms with van der Waals surface area (Å²) in [6, 6.07) is 0. The van der Waals surface area contributed by atoms with Gasteiger partial charge in [-0.2, -0.15) is 0 Å². The van der Waals surface area contributed by atoms with E-state index in [9.17, 15) is 4.79 Å². The molecule has 7 heteroatoms. The number of aromatic amines is 1. The summed E-state index contributed by atoms with van der Waals surface area (Å²) in [5, 5.41) is 0. The summed E-state index contributed by atoms with van der Waals surface area (Å²) in [5.41, 5.74) is 11.9. The summed E-state index contributed by atoms with van der Waals surface area (Å²) in [5.74, 6) is 0.617. The number of nitrogens with one attached hydrogen (secondary N) is 1. The molecule has 0 aliphatic carbocycles. The lowest BCUT2D eigenvalue weighted by atomic mass is 10.2. The van der Waals surface area contributed by atoms with E-state index in [1.165, 1.54) is 6.33 Å². The third-order valence-electron chi connectivity index (χ3n) is 2.18. The molecule has 0 saturated heterocycles. The van der Waals surface area contributed by atoms with Crippen molar-refractivity contribution in [1.82, 2.24) is 19.9 Å². The van der Waals surface area contributed by atoms with Crippen LogP contribution in [0.15, 0.2) is 6.33 Å². The number of primary amides is 1. The first-order chi connectivity index (χ1) is 7.66. The second-order valence-electron chi connectivity index (χ2n) is 3.44. The van der Waals surface area contributed by atoms with Crippen molar-refractivity contribution in [3.63, 3.8) is 0 Å². The molecule has 5 N–H and O–H groups in total. The number of hydrogen-bond acceptors (Lipinski definition) is 5. The zero-order valence-corrected chi connectivity index (χ0v) is 8.60. The van der Waals surface area contributed by atoms with E-state index < -0.39 is 0 Å². The highest BCUT2D eigenvalue weighted by atomic mass is 16.1. The van der Waals surface area contributed by atoms with E-state index in [0.29, 0.717) is 42.1 Å². The van der Waals surface area contributed by atoms with Crippen molar-refractivity contribution in [2.45, 2.75) is 19.3 Å². The number of carbonyl (C=O) groups is 1. The van der Waals surface area contributed by atoms with Crippen LogP contribution in [0.5, 0.6) is 0 Å². The molecule has 2 aromatic heterocycles. The fourth-order valence-corrected chi connectivity index (χ4v) is 1.44. The number of rotatable bonds is 4. The molecule has 0 aliphatic heterocycles. The monoisotopic (exact) mass is 220 g/mol. The standard InChI is InChI=1S/C9H12N6O/c10-5(16)2-1-3-6-14-8(11)7-9(15-6)13-4-12-7/h4H,1-3H2,(H2,10,16)(H3,11,12,13,14,15). The summed E-state index contributed by atoms with van der Waals surface area (Å²) in [4.78, 5) is 25.8. The lowest BCUT2D eigenvalue weighted by Gasteiger charge is -2.00. The molecule has 2 heterocycles. The van der Waals surface area contributed by atoms with Crippen molar-refractivity contribution in [2.24, 2.45) is 5.73 Å². The Bertz CT molecular complexity index is 520. The first kappa shape index (κ1) is 10.3. The summed E-state index contributed by atoms with van der Waals surface area (Å²) in [7, 11) is 0. The first-order valence-electron chi connectivity index (χ1n) is 4.90. The van der Waals surface area contributed by atoms with Crippen LogP contribution in [0.3, 0.4) is 0 Å². The van der Waals surface area contributed by atoms with Gasteiger partial charge in [-0.05, 0) is 6.42 Å². The van der Waals surface area contributed by atoms with E-state index >= 15 is 0 Å². The van der Waals surface area contributed by atoms with Crippen molar-refractivity contribution in [3.8, 4) is 0 Å². The number of nitrogens with two attached hydrogens (primary N) is 2. The van der Waals surface area contributed by atoms with E-state index in [1.807, 2.05) is 0 Å². The zero-order chi connectivity index (χ0) is 11.5. The van der Waals surface area contributed by atoms with Crippen LogP contribution in [0.2, 0.25) is 0 Å². The average Bonchev–Trinajstić information content (AvgIpc) is 2.65. The Morgan fingerprint density at radius 3 is 3.00 bits per heavy atom. The van der Waals surface area contributed by atoms with Gasteiger partial charge in [0.05, 0.1) is 6.33 Å². The van der Waals surface area contributed by atoms with E-state index in [1.54, 1.807) is 0 Å². The number of nitrogens with zero attached hydrogens (tertiary/aromatic N) is 3. The second kappa shape index (κ2) is 4.13. The predicted molar refractivity (Wildman–Crippen MR) is 58.2 cm³/mol. The number of aromatic nitrogens is 4. The van der Waals surface area contributed by atoms with Gasteiger partial charge < -0.3 is 16.5 Å². The average molecular weight is 220 g/mol. The Morgan fingerprint density at radius 2 is 2.25 bits per heavy atom. The van der Waals surface area contributed by atoms with Gasteiger partial charge in [0.25, 0.3) is 0 Å². The number of fused-ring (bicyclic) bond motifs is 1. The molecular formula is C9H12N6O. The highest BCUT2D eigenvalue weighted by molar-refractivity contribution is 5.80. The van der Waals surface area contributed by atoms with Crippen molar-refractivity contribution in [2.75, 3.05) is 5.73 Å². The maximum absolute atomic E-state index is 10.6. The molecule has 0 fully saturated rings. The SMILES string of the molecule is NC(=O)CCCc1nc(N)c2nc[nH]c2n1. The molecule has 0 bridgehead atoms. The summed E-state index contributed by atoms with van der Waals surface area (Å²) >= 11 is 0. The predicted octanol–water partition coefficient (Wildman–Crippen LogP) is -0.257. The molecule has 84 valence electrons. The molecule has 0 unspecified atom stereocenters. The lowest BCUT2D eigenvalue weighted by Crippen LogP contribution is -2.10. The van der Waals surface area contributed by atoms with E-state index in [0.717, 1.165) is 0 Å². The molecular weight excluding hydrogens is 208 g/mol. The number of anilines is 1. The zero-order valence-electron chi connectivity index (χ0n) is 8.60. The Morgan fingerprint density at radius 1 is 1.44 bits per heavy atom. The van der Waals surface area contributed by atoms with Gasteiger partial charge in [-0.1, -0.05) is 0 Å². The number of imidazole rings is 1. The summed E-state index contributed by atoms with van der Waals surface area (Å²) in [6.07, 6.45) is 3.03. The molecule has 2 aromatic rings. The third kappa shape index (κ3) is 2.08. The van der Waals surface area contributed by atoms with Crippen molar-refractivity contribution < 1.29 is 4.79 Å². The van der Waals surface area contributed by atoms with E-state index in [-0.39, 0.29) is 5.91 Å². The van der Waals surface area contributed by atoms with Crippen LogP contribution in [0, 0.1) is 0 Å². The van der Waals surface area contributed by atoms with Crippen molar-refractivity contribution in [3.05, 3.63) is 12.2 Å². The normalized spacial score (nSPS) is 10.8. The lowest BCUT2D eigenvalue weighted by molar-refractivity contribution is -0.118. The highest BCUT2D eigenvalue weighted by Crippen LogP contribution is 2.13. The maximum atomic E-state index is 10.6. The van der Waals surface area contributed by atoms with Gasteiger partial charge in [0.1, 0.15) is 11.3 Å². The van der Waals surface area contributed by atoms with Crippen LogP contribution in [-0.4, -0.2) is 25.8 Å². The molecule has 7 nitrogen and oxygen atoms in total. The topological polar surface area (TPSA) is 124 Å². The first-order valence-corrected chi connectivity index (χ1v) is 4.90. The minimum Gasteiger partial charge on any atom is -0.382 e. The number of hydrogen-bond donors (Lipinski definition) is 3. The van der Waals surface area contributed by atoms with E-state index in [2.05, 4.69) is 19.9 Å². The van der Waals surface area contributed by atoms with Gasteiger partial charge in [-0.25, -0.2) is 15.0 Å². The van der Waals surface area contributed by atoms with Crippen molar-refractivity contribution >= 4 is 22.9 Å². The largest absolute Gasteiger partial charge is 0.382 e. The van der Waals surface area contributed by atoms with Crippen LogP contribution in [-0.2, 0) is 11.2 Å². The quantitative estimate of drug-likeness (QED) is 0.655. The molecule has 1 amide bonds. The summed E-state index contributed by atoms with van der Waals surface area (Å²) < 4.78 is 0. The van der Waals surface area contributed by atoms with Gasteiger partial charge in [-0.15, -0.1) is 0 Å². The van der Waals surface area contributed by atoms with Crippen LogP contribution in [0.25, 0.3) is 11.2 Å². The minimum absolute atomic E-state index is 0.324. The minimum atomic E-state index is -0.324. The molecule has 0 radical (unpaired) electrons. The second-order valence-corrected chi connectivity index (χ2v) is 3.44. The fraction of sp³-hybridized carbons (Fsp3) is 0.333. The fourth-order valence-electron chi connectivity index (χ4n) is 1.44. The van der Waals surface area contributed by atoms with Gasteiger partial charge >= 0.3 is 0 Å². The Kier molecular flexibility index (Phi) is 2.67. The number of carbonyl (C=O) groups excluding carboxylic acids is 1. The molecule has 0 aliphatic rings. The van der Waals surface area contributed by atoms with Crippen LogP contribution >= 0.6 is 0 Å². The molecule has 16 heavy (non-hydrogen) atoms. The van der Waals surface area contributed by atoms with Gasteiger partial charge in [0.2, 0.25) is 5.91 Å². The number of amides is 1. The van der Waals surface area contributed by atoms with Gasteiger partial charge in [0.15, 0.2) is 11.5 Å².